The number of carbonyl (C=O) groups is 1. The monoisotopic (exact) mass is 448 g/mol. The molecule has 1 aromatic carbocycles. The van der Waals surface area contributed by atoms with Gasteiger partial charge in [-0.05, 0) is 18.2 Å². The number of aliphatic hydroxyl groups is 1. The highest BCUT2D eigenvalue weighted by Crippen LogP contribution is 2.37. The average Bonchev–Trinajstić information content (AvgIpc) is 3.48. The van der Waals surface area contributed by atoms with Crippen molar-refractivity contribution in [2.45, 2.75) is 30.8 Å². The van der Waals surface area contributed by atoms with E-state index in [2.05, 4.69) is 25.5 Å². The fourth-order valence-corrected chi connectivity index (χ4v) is 4.19. The number of rotatable bonds is 4. The van der Waals surface area contributed by atoms with Gasteiger partial charge in [-0.2, -0.15) is 5.10 Å². The Kier molecular flexibility index (Phi) is 5.18. The van der Waals surface area contributed by atoms with E-state index in [0.717, 1.165) is 23.1 Å². The summed E-state index contributed by atoms with van der Waals surface area (Å²) in [7, 11) is 0. The van der Waals surface area contributed by atoms with Crippen LogP contribution in [-0.4, -0.2) is 74.2 Å². The highest BCUT2D eigenvalue weighted by molar-refractivity contribution is 6.07. The van der Waals surface area contributed by atoms with Crippen LogP contribution in [0.1, 0.15) is 28.5 Å². The Balaban J connectivity index is 1.52. The minimum atomic E-state index is -1.40. The Labute approximate surface area is 179 Å². The third kappa shape index (κ3) is 3.54. The summed E-state index contributed by atoms with van der Waals surface area (Å²) in [5.41, 5.74) is 0.0688. The van der Waals surface area contributed by atoms with Crippen molar-refractivity contribution < 1.29 is 27.8 Å². The largest absolute Gasteiger partial charge is 0.388 e. The number of nitrogens with zero attached hydrogens (tertiary/aromatic N) is 4. The number of anilines is 1. The van der Waals surface area contributed by atoms with E-state index in [-0.39, 0.29) is 54.3 Å². The van der Waals surface area contributed by atoms with Gasteiger partial charge in [-0.25, -0.2) is 23.1 Å². The molecule has 32 heavy (non-hydrogen) atoms. The Morgan fingerprint density at radius 1 is 1.28 bits per heavy atom. The van der Waals surface area contributed by atoms with Gasteiger partial charge < -0.3 is 20.1 Å². The van der Waals surface area contributed by atoms with Crippen LogP contribution in [0.15, 0.2) is 24.5 Å². The third-order valence-corrected chi connectivity index (χ3v) is 5.77. The lowest BCUT2D eigenvalue weighted by molar-refractivity contribution is 0.0722. The van der Waals surface area contributed by atoms with Gasteiger partial charge in [-0.1, -0.05) is 0 Å². The smallest absolute Gasteiger partial charge is 0.273 e. The van der Waals surface area contributed by atoms with Crippen LogP contribution in [0.4, 0.5) is 19.0 Å². The first-order chi connectivity index (χ1) is 15.4. The molecule has 168 valence electrons. The van der Waals surface area contributed by atoms with Gasteiger partial charge in [0, 0.05) is 12.0 Å². The number of carbonyl (C=O) groups excluding carboxylic acids is 1. The number of H-pyrrole nitrogens is 1. The van der Waals surface area contributed by atoms with E-state index >= 15 is 0 Å². The number of aliphatic hydroxyl groups excluding tert-OH is 1. The molecule has 0 bridgehead atoms. The SMILES string of the molecule is O=C(c1[nH]nc2ncnc(N[C@@H]3COC[C@H]3O)c12)N1C[C@@H](F)C[C@@H]1c1cc(F)ccc1F. The molecule has 9 nitrogen and oxygen atoms in total. The second kappa shape index (κ2) is 8.02. The highest BCUT2D eigenvalue weighted by atomic mass is 19.1. The Morgan fingerprint density at radius 2 is 2.12 bits per heavy atom. The van der Waals surface area contributed by atoms with Gasteiger partial charge in [0.05, 0.1) is 43.3 Å². The second-order valence-corrected chi connectivity index (χ2v) is 7.85. The second-order valence-electron chi connectivity index (χ2n) is 7.85. The summed E-state index contributed by atoms with van der Waals surface area (Å²) >= 11 is 0. The lowest BCUT2D eigenvalue weighted by Crippen LogP contribution is -2.33. The predicted molar refractivity (Wildman–Crippen MR) is 106 cm³/mol. The van der Waals surface area contributed by atoms with Crippen molar-refractivity contribution in [2.75, 3.05) is 25.1 Å². The molecule has 0 aliphatic carbocycles. The molecule has 4 heterocycles. The molecule has 5 rings (SSSR count). The van der Waals surface area contributed by atoms with Crippen LogP contribution in [0, 0.1) is 11.6 Å². The standard InChI is InChI=1S/C20H19F3N6O3/c21-9-1-2-12(23)11(3-9)14-4-10(22)5-29(14)20(31)17-16-18(24-8-25-19(16)28-27-17)26-13-6-32-7-15(13)30/h1-3,8,10,13-15,30H,4-7H2,(H2,24,25,26,27,28)/t10-,13+,14+,15+/m0/s1. The molecular formula is C20H19F3N6O3. The molecule has 2 saturated heterocycles. The minimum Gasteiger partial charge on any atom is -0.388 e. The van der Waals surface area contributed by atoms with Gasteiger partial charge in [-0.15, -0.1) is 0 Å². The van der Waals surface area contributed by atoms with Gasteiger partial charge in [0.2, 0.25) is 0 Å². The average molecular weight is 448 g/mol. The first-order valence-electron chi connectivity index (χ1n) is 10.0. The molecule has 0 unspecified atom stereocenters. The number of alkyl halides is 1. The van der Waals surface area contributed by atoms with Crippen molar-refractivity contribution in [3.8, 4) is 0 Å². The predicted octanol–water partition coefficient (Wildman–Crippen LogP) is 1.73. The molecule has 0 saturated carbocycles. The zero-order valence-electron chi connectivity index (χ0n) is 16.6. The van der Waals surface area contributed by atoms with Crippen molar-refractivity contribution in [2.24, 2.45) is 0 Å². The van der Waals surface area contributed by atoms with Gasteiger partial charge in [0.15, 0.2) is 5.65 Å². The zero-order chi connectivity index (χ0) is 22.4. The number of amides is 1. The zero-order valence-corrected chi connectivity index (χ0v) is 16.6. The molecule has 0 radical (unpaired) electrons. The van der Waals surface area contributed by atoms with E-state index in [9.17, 15) is 23.1 Å². The van der Waals surface area contributed by atoms with Crippen LogP contribution in [0.25, 0.3) is 11.0 Å². The van der Waals surface area contributed by atoms with Crippen molar-refractivity contribution in [3.63, 3.8) is 0 Å². The molecule has 3 aromatic rings. The van der Waals surface area contributed by atoms with Crippen molar-refractivity contribution >= 4 is 22.8 Å². The number of aromatic amines is 1. The summed E-state index contributed by atoms with van der Waals surface area (Å²) in [5.74, 6) is -1.81. The van der Waals surface area contributed by atoms with E-state index in [1.807, 2.05) is 0 Å². The van der Waals surface area contributed by atoms with Crippen LogP contribution in [0.5, 0.6) is 0 Å². The fourth-order valence-electron chi connectivity index (χ4n) is 4.19. The molecule has 0 spiro atoms. The molecule has 4 atom stereocenters. The van der Waals surface area contributed by atoms with E-state index in [1.165, 1.54) is 6.33 Å². The normalized spacial score (nSPS) is 25.6. The number of nitrogens with one attached hydrogen (secondary N) is 2. The summed E-state index contributed by atoms with van der Waals surface area (Å²) in [6.07, 6.45) is -1.08. The number of ether oxygens (including phenoxy) is 1. The summed E-state index contributed by atoms with van der Waals surface area (Å²) in [4.78, 5) is 22.8. The van der Waals surface area contributed by atoms with Crippen molar-refractivity contribution in [3.05, 3.63) is 47.4 Å². The van der Waals surface area contributed by atoms with Crippen LogP contribution in [0.3, 0.4) is 0 Å². The minimum absolute atomic E-state index is 0.0209. The summed E-state index contributed by atoms with van der Waals surface area (Å²) in [5, 5.41) is 19.9. The molecule has 2 aromatic heterocycles. The molecular weight excluding hydrogens is 429 g/mol. The quantitative estimate of drug-likeness (QED) is 0.557. The number of hydrogen-bond donors (Lipinski definition) is 3. The molecule has 2 aliphatic heterocycles. The first kappa shape index (κ1) is 20.6. The van der Waals surface area contributed by atoms with E-state index in [0.29, 0.717) is 0 Å². The lowest BCUT2D eigenvalue weighted by atomic mass is 10.0. The fraction of sp³-hybridized carbons (Fsp3) is 0.400. The van der Waals surface area contributed by atoms with Crippen LogP contribution in [-0.2, 0) is 4.74 Å². The third-order valence-electron chi connectivity index (χ3n) is 5.77. The molecule has 2 fully saturated rings. The van der Waals surface area contributed by atoms with E-state index < -0.39 is 41.9 Å². The highest BCUT2D eigenvalue weighted by Gasteiger charge is 2.40. The van der Waals surface area contributed by atoms with Crippen LogP contribution in [0.2, 0.25) is 0 Å². The topological polar surface area (TPSA) is 116 Å². The van der Waals surface area contributed by atoms with E-state index in [1.54, 1.807) is 0 Å². The van der Waals surface area contributed by atoms with Crippen molar-refractivity contribution in [1.29, 1.82) is 0 Å². The number of benzene rings is 1. The maximum absolute atomic E-state index is 14.4. The van der Waals surface area contributed by atoms with Crippen LogP contribution < -0.4 is 5.32 Å². The number of halogens is 3. The number of aromatic nitrogens is 4. The summed E-state index contributed by atoms with van der Waals surface area (Å²) < 4.78 is 47.7. The maximum Gasteiger partial charge on any atom is 0.273 e. The summed E-state index contributed by atoms with van der Waals surface area (Å²) in [6.45, 7) is 0.117. The lowest BCUT2D eigenvalue weighted by Gasteiger charge is -2.25. The van der Waals surface area contributed by atoms with Crippen LogP contribution >= 0.6 is 0 Å². The first-order valence-corrected chi connectivity index (χ1v) is 10.0. The van der Waals surface area contributed by atoms with Gasteiger partial charge >= 0.3 is 0 Å². The summed E-state index contributed by atoms with van der Waals surface area (Å²) in [6, 6.07) is 1.45. The molecule has 3 N–H and O–H groups in total. The van der Waals surface area contributed by atoms with Gasteiger partial charge in [0.1, 0.15) is 35.6 Å². The molecule has 2 aliphatic rings. The van der Waals surface area contributed by atoms with E-state index in [4.69, 9.17) is 4.74 Å². The number of fused-ring (bicyclic) bond motifs is 1. The Bertz CT molecular complexity index is 1170. The van der Waals surface area contributed by atoms with Gasteiger partial charge in [-0.3, -0.25) is 9.89 Å². The molecule has 1 amide bonds. The maximum atomic E-state index is 14.4. The van der Waals surface area contributed by atoms with Crippen molar-refractivity contribution in [1.82, 2.24) is 25.1 Å². The number of hydrogen-bond acceptors (Lipinski definition) is 7. The molecule has 12 heteroatoms. The van der Waals surface area contributed by atoms with Gasteiger partial charge in [0.25, 0.3) is 5.91 Å². The number of likely N-dealkylation sites (tertiary alicyclic amines) is 1. The Hall–Kier alpha value is -3.25. The Morgan fingerprint density at radius 3 is 2.91 bits per heavy atom.